The van der Waals surface area contributed by atoms with Crippen molar-refractivity contribution in [2.24, 2.45) is 5.73 Å². The van der Waals surface area contributed by atoms with E-state index in [1.54, 1.807) is 6.92 Å². The minimum Gasteiger partial charge on any atom is -0.324 e. The number of amides is 1. The first-order chi connectivity index (χ1) is 8.35. The van der Waals surface area contributed by atoms with E-state index in [0.29, 0.717) is 6.42 Å². The lowest BCUT2D eigenvalue weighted by molar-refractivity contribution is -0.120. The second kappa shape index (κ2) is 5.98. The van der Waals surface area contributed by atoms with Gasteiger partial charge in [0.05, 0.1) is 5.54 Å². The van der Waals surface area contributed by atoms with Crippen LogP contribution in [0.4, 0.5) is 5.69 Å². The largest absolute Gasteiger partial charge is 0.324 e. The number of carbonyl (C=O) groups is 1. The molecule has 0 fully saturated rings. The molecule has 1 rings (SSSR count). The molecule has 0 saturated heterocycles. The molecular formula is C14H23N3O. The number of nitrogens with two attached hydrogens (primary N) is 1. The van der Waals surface area contributed by atoms with E-state index >= 15 is 0 Å². The summed E-state index contributed by atoms with van der Waals surface area (Å²) in [5.41, 5.74) is 7.04. The van der Waals surface area contributed by atoms with Crippen LogP contribution in [0.15, 0.2) is 24.3 Å². The van der Waals surface area contributed by atoms with Crippen molar-refractivity contribution in [3.63, 3.8) is 0 Å². The second-order valence-electron chi connectivity index (χ2n) is 5.16. The Labute approximate surface area is 109 Å². The SMILES string of the molecule is CCC(C)(N)C(=O)Nc1cccc(CN(C)C)c1. The lowest BCUT2D eigenvalue weighted by atomic mass is 9.99. The average molecular weight is 249 g/mol. The first kappa shape index (κ1) is 14.7. The molecule has 0 heterocycles. The standard InChI is InChI=1S/C14H23N3O/c1-5-14(2,15)13(18)16-12-8-6-7-11(9-12)10-17(3)4/h6-9H,5,10,15H2,1-4H3,(H,16,18). The van der Waals surface area contributed by atoms with Gasteiger partial charge in [0, 0.05) is 12.2 Å². The van der Waals surface area contributed by atoms with E-state index in [1.165, 1.54) is 0 Å². The maximum absolute atomic E-state index is 12.0. The van der Waals surface area contributed by atoms with Gasteiger partial charge in [0.25, 0.3) is 0 Å². The van der Waals surface area contributed by atoms with Crippen molar-refractivity contribution in [3.8, 4) is 0 Å². The maximum atomic E-state index is 12.0. The zero-order valence-corrected chi connectivity index (χ0v) is 11.7. The summed E-state index contributed by atoms with van der Waals surface area (Å²) in [6, 6.07) is 7.83. The Morgan fingerprint density at radius 2 is 2.11 bits per heavy atom. The monoisotopic (exact) mass is 249 g/mol. The summed E-state index contributed by atoms with van der Waals surface area (Å²) >= 11 is 0. The molecule has 0 saturated carbocycles. The molecule has 0 aliphatic carbocycles. The minimum atomic E-state index is -0.822. The third-order valence-electron chi connectivity index (χ3n) is 2.94. The fourth-order valence-electron chi connectivity index (χ4n) is 1.55. The molecule has 4 nitrogen and oxygen atoms in total. The third kappa shape index (κ3) is 4.13. The molecule has 0 spiro atoms. The average Bonchev–Trinajstić information content (AvgIpc) is 2.28. The summed E-state index contributed by atoms with van der Waals surface area (Å²) in [5, 5.41) is 2.86. The highest BCUT2D eigenvalue weighted by Crippen LogP contribution is 2.14. The van der Waals surface area contributed by atoms with Gasteiger partial charge in [-0.3, -0.25) is 4.79 Å². The Morgan fingerprint density at radius 3 is 2.67 bits per heavy atom. The van der Waals surface area contributed by atoms with Crippen LogP contribution in [0.25, 0.3) is 0 Å². The van der Waals surface area contributed by atoms with Crippen molar-refractivity contribution < 1.29 is 4.79 Å². The summed E-state index contributed by atoms with van der Waals surface area (Å²) < 4.78 is 0. The fourth-order valence-corrected chi connectivity index (χ4v) is 1.55. The van der Waals surface area contributed by atoms with Gasteiger partial charge in [0.1, 0.15) is 0 Å². The fraction of sp³-hybridized carbons (Fsp3) is 0.500. The molecule has 0 aromatic heterocycles. The Hall–Kier alpha value is -1.39. The Bertz CT molecular complexity index is 413. The van der Waals surface area contributed by atoms with Gasteiger partial charge in [0.2, 0.25) is 5.91 Å². The van der Waals surface area contributed by atoms with Gasteiger partial charge in [-0.05, 0) is 45.1 Å². The van der Waals surface area contributed by atoms with Crippen LogP contribution in [0.1, 0.15) is 25.8 Å². The van der Waals surface area contributed by atoms with Gasteiger partial charge in [0.15, 0.2) is 0 Å². The summed E-state index contributed by atoms with van der Waals surface area (Å²) in [7, 11) is 4.03. The molecule has 1 amide bonds. The van der Waals surface area contributed by atoms with Gasteiger partial charge < -0.3 is 16.0 Å². The molecular weight excluding hydrogens is 226 g/mol. The predicted molar refractivity (Wildman–Crippen MR) is 75.3 cm³/mol. The number of benzene rings is 1. The molecule has 1 aromatic carbocycles. The highest BCUT2D eigenvalue weighted by atomic mass is 16.2. The number of rotatable bonds is 5. The normalized spacial score (nSPS) is 14.3. The van der Waals surface area contributed by atoms with Crippen LogP contribution < -0.4 is 11.1 Å². The van der Waals surface area contributed by atoms with E-state index in [-0.39, 0.29) is 5.91 Å². The molecule has 18 heavy (non-hydrogen) atoms. The predicted octanol–water partition coefficient (Wildman–Crippen LogP) is 1.81. The van der Waals surface area contributed by atoms with Crippen LogP contribution in [0, 0.1) is 0 Å². The summed E-state index contributed by atoms with van der Waals surface area (Å²) in [4.78, 5) is 14.0. The molecule has 3 N–H and O–H groups in total. The molecule has 4 heteroatoms. The van der Waals surface area contributed by atoms with Crippen LogP contribution in [-0.2, 0) is 11.3 Å². The Kier molecular flexibility index (Phi) is 4.87. The summed E-state index contributed by atoms with van der Waals surface area (Å²) in [5.74, 6) is -0.146. The van der Waals surface area contributed by atoms with E-state index in [0.717, 1.165) is 17.8 Å². The minimum absolute atomic E-state index is 0.146. The van der Waals surface area contributed by atoms with E-state index in [1.807, 2.05) is 45.3 Å². The highest BCUT2D eigenvalue weighted by Gasteiger charge is 2.25. The van der Waals surface area contributed by atoms with Gasteiger partial charge in [-0.1, -0.05) is 19.1 Å². The second-order valence-corrected chi connectivity index (χ2v) is 5.16. The number of nitrogens with zero attached hydrogens (tertiary/aromatic N) is 1. The van der Waals surface area contributed by atoms with Crippen LogP contribution in [0.5, 0.6) is 0 Å². The number of nitrogens with one attached hydrogen (secondary N) is 1. The number of hydrogen-bond donors (Lipinski definition) is 2. The lowest BCUT2D eigenvalue weighted by Gasteiger charge is -2.21. The van der Waals surface area contributed by atoms with Crippen LogP contribution in [0.3, 0.4) is 0 Å². The van der Waals surface area contributed by atoms with Gasteiger partial charge in [-0.25, -0.2) is 0 Å². The molecule has 0 bridgehead atoms. The summed E-state index contributed by atoms with van der Waals surface area (Å²) in [6.45, 7) is 4.49. The van der Waals surface area contributed by atoms with Crippen molar-refractivity contribution in [2.45, 2.75) is 32.4 Å². The van der Waals surface area contributed by atoms with Crippen molar-refractivity contribution in [1.29, 1.82) is 0 Å². The molecule has 100 valence electrons. The molecule has 1 atom stereocenters. The van der Waals surface area contributed by atoms with Crippen molar-refractivity contribution >= 4 is 11.6 Å². The van der Waals surface area contributed by atoms with Crippen molar-refractivity contribution in [2.75, 3.05) is 19.4 Å². The van der Waals surface area contributed by atoms with Crippen LogP contribution in [-0.4, -0.2) is 30.4 Å². The van der Waals surface area contributed by atoms with Crippen molar-refractivity contribution in [3.05, 3.63) is 29.8 Å². The maximum Gasteiger partial charge on any atom is 0.244 e. The quantitative estimate of drug-likeness (QED) is 0.836. The van der Waals surface area contributed by atoms with Crippen LogP contribution >= 0.6 is 0 Å². The molecule has 0 aliphatic rings. The van der Waals surface area contributed by atoms with Gasteiger partial charge >= 0.3 is 0 Å². The Morgan fingerprint density at radius 1 is 1.44 bits per heavy atom. The number of hydrogen-bond acceptors (Lipinski definition) is 3. The molecule has 1 unspecified atom stereocenters. The van der Waals surface area contributed by atoms with E-state index in [2.05, 4.69) is 10.2 Å². The van der Waals surface area contributed by atoms with Crippen molar-refractivity contribution in [1.82, 2.24) is 4.90 Å². The molecule has 0 radical (unpaired) electrons. The third-order valence-corrected chi connectivity index (χ3v) is 2.94. The first-order valence-electron chi connectivity index (χ1n) is 6.19. The first-order valence-corrected chi connectivity index (χ1v) is 6.19. The zero-order valence-electron chi connectivity index (χ0n) is 11.7. The molecule has 1 aromatic rings. The van der Waals surface area contributed by atoms with E-state index in [4.69, 9.17) is 5.73 Å². The van der Waals surface area contributed by atoms with Crippen LogP contribution in [0.2, 0.25) is 0 Å². The van der Waals surface area contributed by atoms with Gasteiger partial charge in [-0.2, -0.15) is 0 Å². The molecule has 0 aliphatic heterocycles. The zero-order chi connectivity index (χ0) is 13.8. The Balaban J connectivity index is 2.76. The highest BCUT2D eigenvalue weighted by molar-refractivity contribution is 5.97. The summed E-state index contributed by atoms with van der Waals surface area (Å²) in [6.07, 6.45) is 0.607. The number of anilines is 1. The number of carbonyl (C=O) groups excluding carboxylic acids is 1. The van der Waals surface area contributed by atoms with E-state index < -0.39 is 5.54 Å². The topological polar surface area (TPSA) is 58.4 Å². The van der Waals surface area contributed by atoms with Gasteiger partial charge in [-0.15, -0.1) is 0 Å². The smallest absolute Gasteiger partial charge is 0.244 e. The van der Waals surface area contributed by atoms with E-state index in [9.17, 15) is 4.79 Å². The lowest BCUT2D eigenvalue weighted by Crippen LogP contribution is -2.47.